The summed E-state index contributed by atoms with van der Waals surface area (Å²) in [6, 6.07) is 15.2. The van der Waals surface area contributed by atoms with Crippen LogP contribution in [0.25, 0.3) is 0 Å². The Bertz CT molecular complexity index is 849. The molecule has 2 aromatic carbocycles. The summed E-state index contributed by atoms with van der Waals surface area (Å²) in [5, 5.41) is 3.02. The number of piperidine rings is 1. The molecule has 3 amide bonds. The SMILES string of the molecule is COc1ccc(CN(C(=O)Nc2ccccc2Br)C2CCN(C(C)=O)CC2)cc1. The molecule has 0 spiro atoms. The molecule has 1 saturated heterocycles. The second-order valence-electron chi connectivity index (χ2n) is 7.12. The molecule has 0 aromatic heterocycles. The van der Waals surface area contributed by atoms with Gasteiger partial charge in [0.15, 0.2) is 0 Å². The van der Waals surface area contributed by atoms with Gasteiger partial charge in [0.1, 0.15) is 5.75 Å². The monoisotopic (exact) mass is 459 g/mol. The average molecular weight is 460 g/mol. The van der Waals surface area contributed by atoms with Crippen LogP contribution in [0.1, 0.15) is 25.3 Å². The molecule has 0 bridgehead atoms. The number of halogens is 1. The lowest BCUT2D eigenvalue weighted by Gasteiger charge is -2.38. The number of nitrogens with one attached hydrogen (secondary N) is 1. The van der Waals surface area contributed by atoms with Crippen molar-refractivity contribution in [2.24, 2.45) is 0 Å². The molecular formula is C22H26BrN3O3. The lowest BCUT2D eigenvalue weighted by Crippen LogP contribution is -2.49. The Labute approximate surface area is 180 Å². The smallest absolute Gasteiger partial charge is 0.322 e. The summed E-state index contributed by atoms with van der Waals surface area (Å²) >= 11 is 3.49. The third-order valence-corrected chi connectivity index (χ3v) is 5.93. The van der Waals surface area contributed by atoms with Crippen LogP contribution in [0.2, 0.25) is 0 Å². The van der Waals surface area contributed by atoms with Gasteiger partial charge >= 0.3 is 6.03 Å². The number of carbonyl (C=O) groups is 2. The Morgan fingerprint density at radius 2 is 1.79 bits per heavy atom. The van der Waals surface area contributed by atoms with E-state index in [-0.39, 0.29) is 18.0 Å². The fourth-order valence-corrected chi connectivity index (χ4v) is 3.92. The van der Waals surface area contributed by atoms with E-state index in [1.165, 1.54) is 0 Å². The maximum absolute atomic E-state index is 13.2. The normalized spacial score (nSPS) is 14.4. The minimum Gasteiger partial charge on any atom is -0.497 e. The van der Waals surface area contributed by atoms with Crippen LogP contribution in [0, 0.1) is 0 Å². The zero-order valence-corrected chi connectivity index (χ0v) is 18.3. The summed E-state index contributed by atoms with van der Waals surface area (Å²) in [6.07, 6.45) is 1.53. The summed E-state index contributed by atoms with van der Waals surface area (Å²) in [5.41, 5.74) is 1.76. The van der Waals surface area contributed by atoms with Crippen LogP contribution < -0.4 is 10.1 Å². The van der Waals surface area contributed by atoms with Crippen LogP contribution in [0.3, 0.4) is 0 Å². The van der Waals surface area contributed by atoms with Crippen molar-refractivity contribution in [1.82, 2.24) is 9.80 Å². The minimum absolute atomic E-state index is 0.0650. The highest BCUT2D eigenvalue weighted by Crippen LogP contribution is 2.25. The largest absolute Gasteiger partial charge is 0.497 e. The van der Waals surface area contributed by atoms with Crippen molar-refractivity contribution in [1.29, 1.82) is 0 Å². The van der Waals surface area contributed by atoms with Gasteiger partial charge in [-0.1, -0.05) is 24.3 Å². The van der Waals surface area contributed by atoms with Crippen molar-refractivity contribution >= 4 is 33.6 Å². The van der Waals surface area contributed by atoms with E-state index in [0.717, 1.165) is 34.3 Å². The number of likely N-dealkylation sites (tertiary alicyclic amines) is 1. The molecule has 154 valence electrons. The fraction of sp³-hybridized carbons (Fsp3) is 0.364. The van der Waals surface area contributed by atoms with E-state index in [1.807, 2.05) is 58.3 Å². The van der Waals surface area contributed by atoms with Crippen molar-refractivity contribution in [2.45, 2.75) is 32.4 Å². The van der Waals surface area contributed by atoms with Gasteiger partial charge in [0.25, 0.3) is 0 Å². The van der Waals surface area contributed by atoms with Crippen molar-refractivity contribution < 1.29 is 14.3 Å². The highest BCUT2D eigenvalue weighted by atomic mass is 79.9. The molecule has 1 fully saturated rings. The summed E-state index contributed by atoms with van der Waals surface area (Å²) in [4.78, 5) is 28.6. The Morgan fingerprint density at radius 3 is 2.38 bits per heavy atom. The highest BCUT2D eigenvalue weighted by molar-refractivity contribution is 9.10. The number of hydrogen-bond donors (Lipinski definition) is 1. The van der Waals surface area contributed by atoms with Crippen molar-refractivity contribution in [3.8, 4) is 5.75 Å². The van der Waals surface area contributed by atoms with E-state index in [4.69, 9.17) is 4.74 Å². The number of rotatable bonds is 5. The van der Waals surface area contributed by atoms with Crippen LogP contribution in [-0.2, 0) is 11.3 Å². The van der Waals surface area contributed by atoms with Gasteiger partial charge in [-0.2, -0.15) is 0 Å². The third-order valence-electron chi connectivity index (χ3n) is 5.24. The van der Waals surface area contributed by atoms with E-state index >= 15 is 0 Å². The zero-order valence-electron chi connectivity index (χ0n) is 16.7. The molecule has 1 aliphatic heterocycles. The van der Waals surface area contributed by atoms with Gasteiger partial charge in [0.2, 0.25) is 5.91 Å². The minimum atomic E-state index is -0.144. The first-order valence-corrected chi connectivity index (χ1v) is 10.5. The van der Waals surface area contributed by atoms with Gasteiger partial charge in [0, 0.05) is 37.1 Å². The second kappa shape index (κ2) is 9.78. The van der Waals surface area contributed by atoms with Gasteiger partial charge in [0.05, 0.1) is 12.8 Å². The molecule has 0 atom stereocenters. The predicted molar refractivity (Wildman–Crippen MR) is 117 cm³/mol. The number of nitrogens with zero attached hydrogens (tertiary/aromatic N) is 2. The molecule has 0 unspecified atom stereocenters. The molecule has 1 heterocycles. The van der Waals surface area contributed by atoms with E-state index in [1.54, 1.807) is 14.0 Å². The summed E-state index contributed by atoms with van der Waals surface area (Å²) in [6.45, 7) is 3.42. The van der Waals surface area contributed by atoms with E-state index in [2.05, 4.69) is 21.2 Å². The van der Waals surface area contributed by atoms with E-state index in [0.29, 0.717) is 19.6 Å². The number of benzene rings is 2. The maximum atomic E-state index is 13.2. The molecule has 1 N–H and O–H groups in total. The number of carbonyl (C=O) groups excluding carboxylic acids is 2. The molecule has 29 heavy (non-hydrogen) atoms. The maximum Gasteiger partial charge on any atom is 0.322 e. The van der Waals surface area contributed by atoms with Crippen LogP contribution in [-0.4, -0.2) is 48.0 Å². The van der Waals surface area contributed by atoms with Gasteiger partial charge in [-0.05, 0) is 58.6 Å². The Balaban J connectivity index is 1.77. The first-order chi connectivity index (χ1) is 14.0. The zero-order chi connectivity index (χ0) is 20.8. The van der Waals surface area contributed by atoms with Gasteiger partial charge < -0.3 is 19.9 Å². The molecule has 2 aromatic rings. The van der Waals surface area contributed by atoms with Crippen LogP contribution in [0.4, 0.5) is 10.5 Å². The average Bonchev–Trinajstić information content (AvgIpc) is 2.74. The second-order valence-corrected chi connectivity index (χ2v) is 7.98. The van der Waals surface area contributed by atoms with Crippen molar-refractivity contribution in [3.63, 3.8) is 0 Å². The van der Waals surface area contributed by atoms with Gasteiger partial charge in [-0.25, -0.2) is 4.79 Å². The van der Waals surface area contributed by atoms with E-state index in [9.17, 15) is 9.59 Å². The van der Waals surface area contributed by atoms with Gasteiger partial charge in [-0.15, -0.1) is 0 Å². The number of hydrogen-bond acceptors (Lipinski definition) is 3. The molecule has 0 aliphatic carbocycles. The van der Waals surface area contributed by atoms with Gasteiger partial charge in [-0.3, -0.25) is 4.79 Å². The summed E-state index contributed by atoms with van der Waals surface area (Å²) < 4.78 is 6.07. The van der Waals surface area contributed by atoms with Crippen molar-refractivity contribution in [3.05, 3.63) is 58.6 Å². The number of anilines is 1. The quantitative estimate of drug-likeness (QED) is 0.715. The Hall–Kier alpha value is -2.54. The topological polar surface area (TPSA) is 61.9 Å². The molecule has 7 heteroatoms. The van der Waals surface area contributed by atoms with Crippen LogP contribution in [0.5, 0.6) is 5.75 Å². The number of para-hydroxylation sites is 1. The molecule has 1 aliphatic rings. The number of urea groups is 1. The fourth-order valence-electron chi connectivity index (χ4n) is 3.54. The predicted octanol–water partition coefficient (Wildman–Crippen LogP) is 4.50. The van der Waals surface area contributed by atoms with Crippen molar-refractivity contribution in [2.75, 3.05) is 25.5 Å². The number of ether oxygens (including phenoxy) is 1. The Morgan fingerprint density at radius 1 is 1.14 bits per heavy atom. The molecular weight excluding hydrogens is 434 g/mol. The first-order valence-electron chi connectivity index (χ1n) is 9.68. The number of amides is 3. The van der Waals surface area contributed by atoms with Crippen LogP contribution in [0.15, 0.2) is 53.0 Å². The highest BCUT2D eigenvalue weighted by Gasteiger charge is 2.29. The van der Waals surface area contributed by atoms with E-state index < -0.39 is 0 Å². The Kier molecular flexibility index (Phi) is 7.14. The lowest BCUT2D eigenvalue weighted by molar-refractivity contribution is -0.130. The standard InChI is InChI=1S/C22H26BrN3O3/c1-16(27)25-13-11-18(12-14-25)26(15-17-7-9-19(29-2)10-8-17)22(28)24-21-6-4-3-5-20(21)23/h3-10,18H,11-15H2,1-2H3,(H,24,28). The summed E-state index contributed by atoms with van der Waals surface area (Å²) in [7, 11) is 1.63. The molecule has 6 nitrogen and oxygen atoms in total. The molecule has 3 rings (SSSR count). The number of methoxy groups -OCH3 is 1. The van der Waals surface area contributed by atoms with Crippen LogP contribution >= 0.6 is 15.9 Å². The molecule has 0 radical (unpaired) electrons. The molecule has 0 saturated carbocycles. The summed E-state index contributed by atoms with van der Waals surface area (Å²) in [5.74, 6) is 0.871. The first kappa shape index (κ1) is 21.2. The lowest BCUT2D eigenvalue weighted by atomic mass is 10.0. The third kappa shape index (κ3) is 5.50.